The van der Waals surface area contributed by atoms with Crippen molar-refractivity contribution in [3.05, 3.63) is 42.0 Å². The first-order chi connectivity index (χ1) is 9.25. The number of hydrogen-bond donors (Lipinski definition) is 1. The average molecular weight is 256 g/mol. The van der Waals surface area contributed by atoms with Crippen molar-refractivity contribution < 1.29 is 14.6 Å². The molecule has 1 heterocycles. The molecule has 0 bridgehead atoms. The normalized spacial score (nSPS) is 15.4. The van der Waals surface area contributed by atoms with Crippen molar-refractivity contribution in [3.8, 4) is 5.75 Å². The number of ether oxygens (including phenoxy) is 1. The zero-order chi connectivity index (χ0) is 13.2. The third-order valence-corrected chi connectivity index (χ3v) is 3.01. The number of phenols is 1. The minimum Gasteiger partial charge on any atom is -0.507 e. The van der Waals surface area contributed by atoms with Gasteiger partial charge in [0.2, 0.25) is 0 Å². The number of aromatic hydroxyl groups is 1. The number of carbonyl (C=O) groups excluding carboxylic acids is 1. The summed E-state index contributed by atoms with van der Waals surface area (Å²) in [6.07, 6.45) is 1.03. The molecule has 1 aliphatic rings. The van der Waals surface area contributed by atoms with Gasteiger partial charge >= 0.3 is 6.09 Å². The van der Waals surface area contributed by atoms with Crippen LogP contribution in [0.3, 0.4) is 0 Å². The molecule has 2 aromatic carbocycles. The molecule has 1 fully saturated rings. The summed E-state index contributed by atoms with van der Waals surface area (Å²) in [7, 11) is 0. The van der Waals surface area contributed by atoms with Crippen LogP contribution in [0.15, 0.2) is 41.5 Å². The second-order valence-electron chi connectivity index (χ2n) is 4.20. The molecule has 1 saturated heterocycles. The van der Waals surface area contributed by atoms with Gasteiger partial charge in [0.05, 0.1) is 12.8 Å². The number of cyclic esters (lactones) is 1. The molecule has 0 saturated carbocycles. The molecule has 0 unspecified atom stereocenters. The summed E-state index contributed by atoms with van der Waals surface area (Å²) in [6, 6.07) is 11.1. The molecule has 5 nitrogen and oxygen atoms in total. The fourth-order valence-corrected chi connectivity index (χ4v) is 2.04. The van der Waals surface area contributed by atoms with Crippen LogP contribution < -0.4 is 0 Å². The Balaban J connectivity index is 2.02. The zero-order valence-corrected chi connectivity index (χ0v) is 10.1. The Hall–Kier alpha value is -2.56. The molecule has 0 aliphatic carbocycles. The molecule has 1 aliphatic heterocycles. The molecule has 0 radical (unpaired) electrons. The smallest absolute Gasteiger partial charge is 0.430 e. The van der Waals surface area contributed by atoms with E-state index >= 15 is 0 Å². The zero-order valence-electron chi connectivity index (χ0n) is 10.1. The predicted octanol–water partition coefficient (Wildman–Crippen LogP) is 2.33. The second-order valence-corrected chi connectivity index (χ2v) is 4.20. The number of hydrogen-bond acceptors (Lipinski definition) is 4. The van der Waals surface area contributed by atoms with Gasteiger partial charge in [0.1, 0.15) is 12.4 Å². The van der Waals surface area contributed by atoms with E-state index in [9.17, 15) is 9.90 Å². The van der Waals surface area contributed by atoms with Crippen LogP contribution in [0, 0.1) is 0 Å². The lowest BCUT2D eigenvalue weighted by Crippen LogP contribution is -2.17. The first-order valence-corrected chi connectivity index (χ1v) is 5.95. The minimum absolute atomic E-state index is 0.134. The van der Waals surface area contributed by atoms with E-state index in [0.29, 0.717) is 18.7 Å². The molecule has 5 heteroatoms. The largest absolute Gasteiger partial charge is 0.507 e. The van der Waals surface area contributed by atoms with Gasteiger partial charge in [-0.2, -0.15) is 10.1 Å². The first-order valence-electron chi connectivity index (χ1n) is 5.95. The second kappa shape index (κ2) is 4.61. The lowest BCUT2D eigenvalue weighted by atomic mass is 10.0. The molecule has 19 heavy (non-hydrogen) atoms. The van der Waals surface area contributed by atoms with Crippen molar-refractivity contribution in [2.45, 2.75) is 0 Å². The van der Waals surface area contributed by atoms with E-state index in [1.54, 1.807) is 6.07 Å². The van der Waals surface area contributed by atoms with Crippen LogP contribution in [0.1, 0.15) is 5.56 Å². The first kappa shape index (κ1) is 11.5. The standard InChI is InChI=1S/C14H12N2O3/c17-13-6-5-10-3-1-2-4-11(10)12(13)9-15-16-7-8-19-14(16)18/h1-6,9,17H,7-8H2. The third kappa shape index (κ3) is 2.10. The Morgan fingerprint density at radius 2 is 2.11 bits per heavy atom. The highest BCUT2D eigenvalue weighted by atomic mass is 16.6. The maximum absolute atomic E-state index is 11.3. The molecular formula is C14H12N2O3. The molecule has 2 aromatic rings. The fourth-order valence-electron chi connectivity index (χ4n) is 2.04. The number of fused-ring (bicyclic) bond motifs is 1. The Labute approximate surface area is 109 Å². The SMILES string of the molecule is O=C1OCCN1N=Cc1c(O)ccc2ccccc12. The van der Waals surface area contributed by atoms with Crippen LogP contribution in [0.5, 0.6) is 5.75 Å². The lowest BCUT2D eigenvalue weighted by Gasteiger charge is -2.07. The van der Waals surface area contributed by atoms with E-state index in [4.69, 9.17) is 4.74 Å². The summed E-state index contributed by atoms with van der Waals surface area (Å²) in [6.45, 7) is 0.776. The Morgan fingerprint density at radius 3 is 2.89 bits per heavy atom. The van der Waals surface area contributed by atoms with Crippen LogP contribution in [0.25, 0.3) is 10.8 Å². The van der Waals surface area contributed by atoms with Crippen LogP contribution in [-0.4, -0.2) is 35.6 Å². The highest BCUT2D eigenvalue weighted by Gasteiger charge is 2.20. The number of hydrazone groups is 1. The Kier molecular flexibility index (Phi) is 2.79. The molecule has 1 N–H and O–H groups in total. The number of rotatable bonds is 2. The number of phenolic OH excluding ortho intramolecular Hbond substituents is 1. The summed E-state index contributed by atoms with van der Waals surface area (Å²) in [5, 5.41) is 17.1. The van der Waals surface area contributed by atoms with Gasteiger partial charge in [0, 0.05) is 5.56 Å². The minimum atomic E-state index is -0.462. The number of nitrogens with zero attached hydrogens (tertiary/aromatic N) is 2. The van der Waals surface area contributed by atoms with E-state index in [-0.39, 0.29) is 5.75 Å². The highest BCUT2D eigenvalue weighted by Crippen LogP contribution is 2.25. The maximum atomic E-state index is 11.3. The van der Waals surface area contributed by atoms with Crippen molar-refractivity contribution in [2.24, 2.45) is 5.10 Å². The van der Waals surface area contributed by atoms with Gasteiger partial charge in [-0.1, -0.05) is 30.3 Å². The topological polar surface area (TPSA) is 62.1 Å². The molecular weight excluding hydrogens is 244 g/mol. The van der Waals surface area contributed by atoms with Crippen molar-refractivity contribution in [3.63, 3.8) is 0 Å². The summed E-state index contributed by atoms with van der Waals surface area (Å²) in [4.78, 5) is 11.3. The van der Waals surface area contributed by atoms with Gasteiger partial charge < -0.3 is 9.84 Å². The van der Waals surface area contributed by atoms with Gasteiger partial charge in [0.15, 0.2) is 0 Å². The van der Waals surface area contributed by atoms with Gasteiger partial charge in [-0.3, -0.25) is 0 Å². The van der Waals surface area contributed by atoms with E-state index < -0.39 is 6.09 Å². The van der Waals surface area contributed by atoms with E-state index in [1.807, 2.05) is 30.3 Å². The van der Waals surface area contributed by atoms with Crippen LogP contribution in [0.4, 0.5) is 4.79 Å². The monoisotopic (exact) mass is 256 g/mol. The molecule has 1 amide bonds. The van der Waals surface area contributed by atoms with Crippen LogP contribution in [0.2, 0.25) is 0 Å². The van der Waals surface area contributed by atoms with E-state index in [1.165, 1.54) is 11.2 Å². The summed E-state index contributed by atoms with van der Waals surface area (Å²) in [5.74, 6) is 0.134. The third-order valence-electron chi connectivity index (χ3n) is 3.01. The number of benzene rings is 2. The van der Waals surface area contributed by atoms with Gasteiger partial charge in [-0.15, -0.1) is 0 Å². The average Bonchev–Trinajstić information content (AvgIpc) is 2.83. The van der Waals surface area contributed by atoms with E-state index in [2.05, 4.69) is 5.10 Å². The number of amides is 1. The van der Waals surface area contributed by atoms with Crippen LogP contribution in [-0.2, 0) is 4.74 Å². The Morgan fingerprint density at radius 1 is 1.26 bits per heavy atom. The number of carbonyl (C=O) groups is 1. The summed E-state index contributed by atoms with van der Waals surface area (Å²) >= 11 is 0. The van der Waals surface area contributed by atoms with Gasteiger partial charge in [0.25, 0.3) is 0 Å². The summed E-state index contributed by atoms with van der Waals surface area (Å²) < 4.78 is 4.78. The van der Waals surface area contributed by atoms with Gasteiger partial charge in [-0.05, 0) is 16.8 Å². The van der Waals surface area contributed by atoms with Crippen LogP contribution >= 0.6 is 0 Å². The van der Waals surface area contributed by atoms with Crippen molar-refractivity contribution >= 4 is 23.1 Å². The lowest BCUT2D eigenvalue weighted by molar-refractivity contribution is 0.159. The van der Waals surface area contributed by atoms with Crippen molar-refractivity contribution in [1.29, 1.82) is 0 Å². The van der Waals surface area contributed by atoms with Crippen molar-refractivity contribution in [2.75, 3.05) is 13.2 Å². The fraction of sp³-hybridized carbons (Fsp3) is 0.143. The van der Waals surface area contributed by atoms with Crippen molar-refractivity contribution in [1.82, 2.24) is 5.01 Å². The molecule has 0 atom stereocenters. The summed E-state index contributed by atoms with van der Waals surface area (Å²) in [5.41, 5.74) is 0.595. The molecule has 3 rings (SSSR count). The maximum Gasteiger partial charge on any atom is 0.430 e. The molecule has 0 spiro atoms. The predicted molar refractivity (Wildman–Crippen MR) is 71.3 cm³/mol. The molecule has 0 aromatic heterocycles. The van der Waals surface area contributed by atoms with E-state index in [0.717, 1.165) is 10.8 Å². The highest BCUT2D eigenvalue weighted by molar-refractivity contribution is 6.02. The quantitative estimate of drug-likeness (QED) is 0.839. The molecule has 96 valence electrons. The van der Waals surface area contributed by atoms with Gasteiger partial charge in [-0.25, -0.2) is 4.79 Å². The Bertz CT molecular complexity index is 667.